The Labute approximate surface area is 398 Å². The Balaban J connectivity index is 1.50. The zero-order chi connectivity index (χ0) is 46.3. The number of aromatic nitrogens is 4. The molecule has 11 rings (SSSR count). The molecule has 0 radical (unpaired) electrons. The minimum atomic E-state index is -0.547. The van der Waals surface area contributed by atoms with E-state index >= 15 is 0 Å². The predicted octanol–water partition coefficient (Wildman–Crippen LogP) is 8.92. The first-order valence-corrected chi connectivity index (χ1v) is 22.9. The molecule has 0 aliphatic carbocycles. The average molecular weight is 897 g/mol. The van der Waals surface area contributed by atoms with Crippen LogP contribution in [0.15, 0.2) is 203 Å². The van der Waals surface area contributed by atoms with Crippen LogP contribution in [0.1, 0.15) is 37.2 Å². The summed E-state index contributed by atoms with van der Waals surface area (Å²) in [5.41, 5.74) is 8.86. The minimum Gasteiger partial charge on any atom is -0.435 e. The molecule has 0 saturated carbocycles. The van der Waals surface area contributed by atoms with Crippen molar-refractivity contribution in [3.8, 4) is 23.4 Å². The summed E-state index contributed by atoms with van der Waals surface area (Å²) in [6.45, 7) is 3.27. The lowest BCUT2D eigenvalue weighted by molar-refractivity contribution is 0.585. The second-order valence-corrected chi connectivity index (χ2v) is 17.4. The molecular weight excluding hydrogens is 858 g/mol. The van der Waals surface area contributed by atoms with Crippen LogP contribution in [0.2, 0.25) is 5.02 Å². The number of hydrogen-bond acceptors (Lipinski definition) is 6. The molecule has 11 heteroatoms. The van der Waals surface area contributed by atoms with Gasteiger partial charge in [0.15, 0.2) is 11.2 Å². The largest absolute Gasteiger partial charge is 0.435 e. The van der Waals surface area contributed by atoms with Crippen molar-refractivity contribution >= 4 is 91.3 Å². The first-order chi connectivity index (χ1) is 33.4. The van der Waals surface area contributed by atoms with Gasteiger partial charge < -0.3 is 17.8 Å². The van der Waals surface area contributed by atoms with Gasteiger partial charge in [-0.2, -0.15) is 10.5 Å². The fraction of sp³-hybridized carbons (Fsp3) is 0.0526. The number of oxazole rings is 2. The van der Waals surface area contributed by atoms with Gasteiger partial charge in [-0.15, -0.1) is 0 Å². The van der Waals surface area contributed by atoms with Crippen molar-refractivity contribution in [1.82, 2.24) is 18.9 Å². The average Bonchev–Trinajstić information content (AvgIpc) is 4.16. The lowest BCUT2D eigenvalue weighted by atomic mass is 9.50. The minimum absolute atomic E-state index is 0.162. The molecule has 0 N–H and O–H groups in total. The number of para-hydroxylation sites is 4. The first-order valence-electron chi connectivity index (χ1n) is 22.5. The summed E-state index contributed by atoms with van der Waals surface area (Å²) in [5.74, 6) is 0.110. The molecule has 4 heterocycles. The maximum Gasteiger partial charge on any atom is 0.328 e. The third-order valence-electron chi connectivity index (χ3n) is 12.6. The van der Waals surface area contributed by atoms with E-state index in [4.69, 9.17) is 30.4 Å². The summed E-state index contributed by atoms with van der Waals surface area (Å²) in [6, 6.07) is 69.2. The van der Waals surface area contributed by atoms with Crippen LogP contribution in [-0.2, 0) is 0 Å². The molecule has 4 aromatic heterocycles. The van der Waals surface area contributed by atoms with Crippen LogP contribution in [0, 0.1) is 22.7 Å². The number of fused-ring (bicyclic) bond motifs is 3. The van der Waals surface area contributed by atoms with E-state index in [1.165, 1.54) is 0 Å². The molecule has 0 spiro atoms. The van der Waals surface area contributed by atoms with Crippen molar-refractivity contribution in [2.24, 2.45) is 0 Å². The lowest BCUT2D eigenvalue weighted by Crippen LogP contribution is -2.54. The molecule has 0 fully saturated rings. The summed E-state index contributed by atoms with van der Waals surface area (Å²) >= 11 is 7.50. The van der Waals surface area contributed by atoms with Gasteiger partial charge in [0.2, 0.25) is 11.8 Å². The van der Waals surface area contributed by atoms with E-state index in [9.17, 15) is 10.5 Å². The van der Waals surface area contributed by atoms with Crippen LogP contribution in [0.3, 0.4) is 0 Å². The van der Waals surface area contributed by atoms with Crippen molar-refractivity contribution < 1.29 is 8.83 Å². The zero-order valence-electron chi connectivity index (χ0n) is 37.1. The van der Waals surface area contributed by atoms with Crippen LogP contribution >= 0.6 is 11.6 Å². The highest BCUT2D eigenvalue weighted by Crippen LogP contribution is 2.38. The van der Waals surface area contributed by atoms with Crippen LogP contribution in [-0.4, -0.2) is 32.6 Å². The van der Waals surface area contributed by atoms with Crippen molar-refractivity contribution in [3.63, 3.8) is 0 Å². The predicted molar refractivity (Wildman–Crippen MR) is 275 cm³/mol. The highest BCUT2D eigenvalue weighted by atomic mass is 35.5. The van der Waals surface area contributed by atoms with Gasteiger partial charge in [0.1, 0.15) is 34.3 Å². The van der Waals surface area contributed by atoms with Gasteiger partial charge in [-0.3, -0.25) is 0 Å². The molecule has 0 bridgehead atoms. The van der Waals surface area contributed by atoms with E-state index in [1.54, 1.807) is 0 Å². The normalized spacial score (nSPS) is 12.3. The van der Waals surface area contributed by atoms with E-state index < -0.39 is 13.7 Å². The van der Waals surface area contributed by atoms with Gasteiger partial charge in [0.25, 0.3) is 0 Å². The van der Waals surface area contributed by atoms with Gasteiger partial charge in [-0.05, 0) is 36.2 Å². The Morgan fingerprint density at radius 1 is 0.500 bits per heavy atom. The molecule has 0 saturated heterocycles. The number of nitrogens with zero attached hydrogens (tertiary/aromatic N) is 6. The monoisotopic (exact) mass is 896 g/mol. The summed E-state index contributed by atoms with van der Waals surface area (Å²) in [5, 5.41) is 26.8. The Morgan fingerprint density at radius 2 is 0.882 bits per heavy atom. The van der Waals surface area contributed by atoms with Crippen molar-refractivity contribution in [2.75, 3.05) is 0 Å². The van der Waals surface area contributed by atoms with Crippen LogP contribution in [0.5, 0.6) is 0 Å². The second kappa shape index (κ2) is 17.7. The first kappa shape index (κ1) is 42.1. The van der Waals surface area contributed by atoms with Gasteiger partial charge in [0, 0.05) is 32.7 Å². The Bertz CT molecular complexity index is 3650. The Hall–Kier alpha value is -8.56. The van der Waals surface area contributed by atoms with Gasteiger partial charge >= 0.3 is 13.7 Å². The molecule has 0 aliphatic heterocycles. The zero-order valence-corrected chi connectivity index (χ0v) is 37.8. The standard InChI is InChI=1S/C57H39B2ClN6O2/c1-37(2)52-50-51(55(44(36-62)57-64-47-32-18-20-34-49(47)68-57)65(52)58(38-21-7-3-8-22-38)39-23-9-4-10-24-39)53(42-29-15-16-30-45(42)60)66(59(40-25-11-5-12-26-40)41-27-13-6-14-28-41)54(50)43(35-61)56-63-46-31-17-19-33-48(46)67-56/h3-34,37H,1-2H3/b54-43-,55-44-. The fourth-order valence-corrected chi connectivity index (χ4v) is 10.0. The summed E-state index contributed by atoms with van der Waals surface area (Å²) < 4.78 is 17.7. The van der Waals surface area contributed by atoms with Crippen LogP contribution in [0.25, 0.3) is 55.4 Å². The highest BCUT2D eigenvalue weighted by Gasteiger charge is 2.38. The number of halogens is 1. The van der Waals surface area contributed by atoms with Crippen molar-refractivity contribution in [1.29, 1.82) is 10.5 Å². The smallest absolute Gasteiger partial charge is 0.328 e. The molecule has 0 unspecified atom stereocenters. The Kier molecular flexibility index (Phi) is 10.9. The summed E-state index contributed by atoms with van der Waals surface area (Å²) in [6.07, 6.45) is 0. The highest BCUT2D eigenvalue weighted by molar-refractivity contribution is 6.85. The SMILES string of the molecule is CC(C)c1c2/c(=C(\C#N)c3nc4ccccc4o3)n(B(c3ccccc3)c3ccccc3)c(-c3ccccc3Cl)c2/c(=C(\C#N)c2nc3ccccc3o2)n1B(c1ccccc1)c1ccccc1. The second-order valence-electron chi connectivity index (χ2n) is 17.0. The molecule has 0 atom stereocenters. The van der Waals surface area contributed by atoms with Crippen LogP contribution < -0.4 is 32.5 Å². The number of benzene rings is 7. The number of nitriles is 2. The van der Waals surface area contributed by atoms with E-state index in [0.29, 0.717) is 54.6 Å². The van der Waals surface area contributed by atoms with Crippen molar-refractivity contribution in [3.05, 3.63) is 227 Å². The van der Waals surface area contributed by atoms with Gasteiger partial charge in [0.05, 0.1) is 10.7 Å². The summed E-state index contributed by atoms with van der Waals surface area (Å²) in [4.78, 5) is 10.0. The van der Waals surface area contributed by atoms with E-state index in [1.807, 2.05) is 146 Å². The molecule has 11 aromatic rings. The van der Waals surface area contributed by atoms with Gasteiger partial charge in [-0.25, -0.2) is 9.97 Å². The molecule has 8 nitrogen and oxygen atoms in total. The molecule has 7 aromatic carbocycles. The molecule has 0 amide bonds. The van der Waals surface area contributed by atoms with E-state index in [0.717, 1.165) is 32.9 Å². The fourth-order valence-electron chi connectivity index (χ4n) is 9.82. The molecule has 0 aliphatic rings. The van der Waals surface area contributed by atoms with Crippen LogP contribution in [0.4, 0.5) is 0 Å². The molecular formula is C57H39B2ClN6O2. The lowest BCUT2D eigenvalue weighted by Gasteiger charge is -2.25. The number of rotatable bonds is 10. The number of hydrogen-bond donors (Lipinski definition) is 0. The van der Waals surface area contributed by atoms with E-state index in [2.05, 4.69) is 83.5 Å². The molecule has 322 valence electrons. The quantitative estimate of drug-likeness (QED) is 0.127. The van der Waals surface area contributed by atoms with Crippen molar-refractivity contribution in [2.45, 2.75) is 19.8 Å². The third kappa shape index (κ3) is 7.11. The third-order valence-corrected chi connectivity index (χ3v) is 12.9. The Morgan fingerprint density at radius 3 is 1.29 bits per heavy atom. The maximum atomic E-state index is 11.9. The topological polar surface area (TPSA) is 110 Å². The maximum absolute atomic E-state index is 11.9. The van der Waals surface area contributed by atoms with Gasteiger partial charge in [-0.1, -0.05) is 211 Å². The molecule has 68 heavy (non-hydrogen) atoms. The van der Waals surface area contributed by atoms with E-state index in [-0.39, 0.29) is 28.8 Å². The summed E-state index contributed by atoms with van der Waals surface area (Å²) in [7, 11) is 0.